The molecule has 27 heavy (non-hydrogen) atoms. The summed E-state index contributed by atoms with van der Waals surface area (Å²) in [4.78, 5) is 25.2. The second-order valence-electron chi connectivity index (χ2n) is 7.91. The number of hydrogen-bond acceptors (Lipinski definition) is 5. The summed E-state index contributed by atoms with van der Waals surface area (Å²) < 4.78 is 13.9. The van der Waals surface area contributed by atoms with Crippen molar-refractivity contribution in [3.63, 3.8) is 0 Å². The second kappa shape index (κ2) is 5.94. The second-order valence-corrected chi connectivity index (χ2v) is 7.91. The fraction of sp³-hybridized carbons (Fsp3) is 0.476. The van der Waals surface area contributed by atoms with Gasteiger partial charge < -0.3 is 9.47 Å². The number of nitrogens with zero attached hydrogens (tertiary/aromatic N) is 2. The zero-order valence-corrected chi connectivity index (χ0v) is 15.4. The lowest BCUT2D eigenvalue weighted by molar-refractivity contribution is -0.135. The molecule has 1 fully saturated rings. The van der Waals surface area contributed by atoms with Crippen LogP contribution in [0.15, 0.2) is 24.4 Å². The maximum absolute atomic E-state index is 13.0. The number of Topliss-reactive ketones (excluding diaryl/α,β-unsaturated/α-hetero) is 1. The SMILES string of the molecule is Cn1nccc1[C@H]1CC(=O)Oc2ccc3c(c21)OC1(CCCCC1)CC3=O. The number of hydrogen-bond donors (Lipinski definition) is 0. The third-order valence-corrected chi connectivity index (χ3v) is 6.18. The normalized spacial score (nSPS) is 23.4. The molecule has 5 rings (SSSR count). The van der Waals surface area contributed by atoms with Gasteiger partial charge in [-0.05, 0) is 43.9 Å². The smallest absolute Gasteiger partial charge is 0.312 e. The molecule has 0 amide bonds. The number of esters is 1. The van der Waals surface area contributed by atoms with Crippen LogP contribution in [0, 0.1) is 0 Å². The van der Waals surface area contributed by atoms with E-state index in [1.54, 1.807) is 23.0 Å². The summed E-state index contributed by atoms with van der Waals surface area (Å²) in [5.41, 5.74) is 1.93. The van der Waals surface area contributed by atoms with E-state index in [9.17, 15) is 9.59 Å². The maximum atomic E-state index is 13.0. The molecule has 0 bridgehead atoms. The van der Waals surface area contributed by atoms with Crippen LogP contribution in [-0.4, -0.2) is 27.1 Å². The van der Waals surface area contributed by atoms with Crippen molar-refractivity contribution in [1.29, 1.82) is 0 Å². The summed E-state index contributed by atoms with van der Waals surface area (Å²) in [7, 11) is 1.86. The van der Waals surface area contributed by atoms with Crippen LogP contribution in [0.2, 0.25) is 0 Å². The molecule has 0 saturated heterocycles. The third-order valence-electron chi connectivity index (χ3n) is 6.18. The highest BCUT2D eigenvalue weighted by atomic mass is 16.5. The number of benzene rings is 1. The average Bonchev–Trinajstić information content (AvgIpc) is 3.07. The van der Waals surface area contributed by atoms with E-state index in [-0.39, 0.29) is 24.1 Å². The highest BCUT2D eigenvalue weighted by molar-refractivity contribution is 6.01. The van der Waals surface area contributed by atoms with Crippen molar-refractivity contribution in [2.75, 3.05) is 0 Å². The van der Waals surface area contributed by atoms with Gasteiger partial charge in [0.1, 0.15) is 17.1 Å². The molecular formula is C21H22N2O4. The molecule has 3 heterocycles. The first-order chi connectivity index (χ1) is 13.1. The molecule has 1 aliphatic carbocycles. The standard InChI is InChI=1S/C21H22N2O4/c1-23-15(7-10-22-23)14-11-18(25)26-17-6-5-13-16(24)12-21(8-3-2-4-9-21)27-20(13)19(14)17/h5-7,10,14H,2-4,8-9,11-12H2,1H3/t14-/m1/s1. The van der Waals surface area contributed by atoms with Crippen LogP contribution in [0.3, 0.4) is 0 Å². The monoisotopic (exact) mass is 366 g/mol. The van der Waals surface area contributed by atoms with Crippen LogP contribution in [0.1, 0.15) is 72.5 Å². The molecule has 1 aromatic carbocycles. The van der Waals surface area contributed by atoms with E-state index in [0.29, 0.717) is 23.5 Å². The molecule has 0 unspecified atom stereocenters. The topological polar surface area (TPSA) is 70.4 Å². The summed E-state index contributed by atoms with van der Waals surface area (Å²) in [6.07, 6.45) is 7.53. The van der Waals surface area contributed by atoms with Crippen molar-refractivity contribution in [3.8, 4) is 11.5 Å². The molecule has 6 heteroatoms. The molecule has 2 aromatic rings. The van der Waals surface area contributed by atoms with E-state index < -0.39 is 5.60 Å². The Balaban J connectivity index is 1.68. The van der Waals surface area contributed by atoms with Crippen molar-refractivity contribution >= 4 is 11.8 Å². The average molecular weight is 366 g/mol. The van der Waals surface area contributed by atoms with Gasteiger partial charge in [0, 0.05) is 30.4 Å². The Morgan fingerprint density at radius 3 is 2.70 bits per heavy atom. The number of ether oxygens (including phenoxy) is 2. The van der Waals surface area contributed by atoms with Crippen molar-refractivity contribution in [3.05, 3.63) is 41.2 Å². The first-order valence-electron chi connectivity index (χ1n) is 9.64. The largest absolute Gasteiger partial charge is 0.486 e. The Hall–Kier alpha value is -2.63. The molecule has 1 spiro atoms. The first kappa shape index (κ1) is 16.5. The number of fused-ring (bicyclic) bond motifs is 3. The van der Waals surface area contributed by atoms with Gasteiger partial charge in [0.2, 0.25) is 0 Å². The van der Waals surface area contributed by atoms with Gasteiger partial charge in [0.15, 0.2) is 5.78 Å². The summed E-state index contributed by atoms with van der Waals surface area (Å²) >= 11 is 0. The Kier molecular flexibility index (Phi) is 3.64. The quantitative estimate of drug-likeness (QED) is 0.570. The van der Waals surface area contributed by atoms with E-state index in [2.05, 4.69) is 5.10 Å². The maximum Gasteiger partial charge on any atom is 0.312 e. The van der Waals surface area contributed by atoms with Crippen LogP contribution in [0.5, 0.6) is 11.5 Å². The first-order valence-corrected chi connectivity index (χ1v) is 9.64. The van der Waals surface area contributed by atoms with Gasteiger partial charge in [0.25, 0.3) is 0 Å². The lowest BCUT2D eigenvalue weighted by Crippen LogP contribution is -2.44. The number of carbonyl (C=O) groups is 2. The fourth-order valence-corrected chi connectivity index (χ4v) is 4.86. The van der Waals surface area contributed by atoms with Gasteiger partial charge in [-0.15, -0.1) is 0 Å². The fourth-order valence-electron chi connectivity index (χ4n) is 4.86. The van der Waals surface area contributed by atoms with Gasteiger partial charge >= 0.3 is 5.97 Å². The lowest BCUT2D eigenvalue weighted by atomic mass is 9.77. The zero-order valence-electron chi connectivity index (χ0n) is 15.4. The summed E-state index contributed by atoms with van der Waals surface area (Å²) in [6.45, 7) is 0. The minimum atomic E-state index is -0.407. The number of carbonyl (C=O) groups excluding carboxylic acids is 2. The highest BCUT2D eigenvalue weighted by Crippen LogP contribution is 2.50. The van der Waals surface area contributed by atoms with Crippen LogP contribution < -0.4 is 9.47 Å². The van der Waals surface area contributed by atoms with E-state index in [4.69, 9.17) is 9.47 Å². The number of rotatable bonds is 1. The Bertz CT molecular complexity index is 940. The van der Waals surface area contributed by atoms with E-state index in [1.165, 1.54) is 6.42 Å². The summed E-state index contributed by atoms with van der Waals surface area (Å²) in [6, 6.07) is 5.38. The van der Waals surface area contributed by atoms with E-state index >= 15 is 0 Å². The van der Waals surface area contributed by atoms with E-state index in [1.807, 2.05) is 13.1 Å². The van der Waals surface area contributed by atoms with Crippen molar-refractivity contribution < 1.29 is 19.1 Å². The predicted molar refractivity (Wildman–Crippen MR) is 97.1 cm³/mol. The highest BCUT2D eigenvalue weighted by Gasteiger charge is 2.45. The van der Waals surface area contributed by atoms with Gasteiger partial charge in [0.05, 0.1) is 18.4 Å². The molecule has 1 atom stereocenters. The molecular weight excluding hydrogens is 344 g/mol. The van der Waals surface area contributed by atoms with Gasteiger partial charge in [-0.1, -0.05) is 6.42 Å². The minimum absolute atomic E-state index is 0.126. The molecule has 6 nitrogen and oxygen atoms in total. The Morgan fingerprint density at radius 2 is 1.96 bits per heavy atom. The van der Waals surface area contributed by atoms with Crippen LogP contribution >= 0.6 is 0 Å². The van der Waals surface area contributed by atoms with Crippen LogP contribution in [0.25, 0.3) is 0 Å². The number of ketones is 1. The minimum Gasteiger partial charge on any atom is -0.486 e. The summed E-state index contributed by atoms with van der Waals surface area (Å²) in [5, 5.41) is 4.26. The zero-order chi connectivity index (χ0) is 18.6. The molecule has 1 saturated carbocycles. The van der Waals surface area contributed by atoms with Crippen molar-refractivity contribution in [2.45, 2.75) is 56.5 Å². The lowest BCUT2D eigenvalue weighted by Gasteiger charge is -2.42. The van der Waals surface area contributed by atoms with Gasteiger partial charge in [-0.3, -0.25) is 14.3 Å². The molecule has 3 aliphatic rings. The Labute approximate surface area is 157 Å². The van der Waals surface area contributed by atoms with Crippen LogP contribution in [0.4, 0.5) is 0 Å². The van der Waals surface area contributed by atoms with Gasteiger partial charge in [-0.25, -0.2) is 0 Å². The summed E-state index contributed by atoms with van der Waals surface area (Å²) in [5.74, 6) is 0.737. The van der Waals surface area contributed by atoms with Crippen molar-refractivity contribution in [1.82, 2.24) is 9.78 Å². The van der Waals surface area contributed by atoms with E-state index in [0.717, 1.165) is 36.9 Å². The molecule has 2 aliphatic heterocycles. The Morgan fingerprint density at radius 1 is 1.15 bits per heavy atom. The molecule has 0 N–H and O–H groups in total. The predicted octanol–water partition coefficient (Wildman–Crippen LogP) is 3.53. The van der Waals surface area contributed by atoms with Crippen molar-refractivity contribution in [2.24, 2.45) is 7.05 Å². The molecule has 0 radical (unpaired) electrons. The van der Waals surface area contributed by atoms with Gasteiger partial charge in [-0.2, -0.15) is 5.10 Å². The third kappa shape index (κ3) is 2.58. The molecule has 1 aromatic heterocycles. The molecule has 140 valence electrons. The number of aryl methyl sites for hydroxylation is 1. The van der Waals surface area contributed by atoms with Crippen LogP contribution in [-0.2, 0) is 11.8 Å². The number of aromatic nitrogens is 2.